The average Bonchev–Trinajstić information content (AvgIpc) is 3.41. The van der Waals surface area contributed by atoms with Crippen LogP contribution in [0.1, 0.15) is 12.8 Å². The zero-order valence-corrected chi connectivity index (χ0v) is 17.7. The average molecular weight is 442 g/mol. The van der Waals surface area contributed by atoms with Crippen molar-refractivity contribution in [3.8, 4) is 0 Å². The fourth-order valence-corrected chi connectivity index (χ4v) is 5.05. The van der Waals surface area contributed by atoms with Gasteiger partial charge in [-0.2, -0.15) is 9.97 Å². The molecule has 3 heterocycles. The summed E-state index contributed by atoms with van der Waals surface area (Å²) in [6.07, 6.45) is 8.94. The van der Waals surface area contributed by atoms with E-state index in [4.69, 9.17) is 4.98 Å². The molecule has 2 aliphatic rings. The van der Waals surface area contributed by atoms with Crippen LogP contribution >= 0.6 is 0 Å². The molecule has 0 spiro atoms. The van der Waals surface area contributed by atoms with Crippen molar-refractivity contribution in [1.29, 1.82) is 0 Å². The third-order valence-electron chi connectivity index (χ3n) is 5.69. The van der Waals surface area contributed by atoms with Crippen LogP contribution < -0.4 is 14.9 Å². The molecule has 31 heavy (non-hydrogen) atoms. The van der Waals surface area contributed by atoms with Crippen molar-refractivity contribution >= 4 is 44.3 Å². The SMILES string of the molecule is CS(=O)(=O)Nc1cccc(Nc2nc(N3[C@H](CO)C[C@@H]4CC=C[C@H]43)c3[nH]cnc3n2)c1. The molecule has 1 fully saturated rings. The van der Waals surface area contributed by atoms with E-state index >= 15 is 0 Å². The summed E-state index contributed by atoms with van der Waals surface area (Å²) in [4.78, 5) is 18.8. The van der Waals surface area contributed by atoms with Crippen LogP contribution in [0.3, 0.4) is 0 Å². The van der Waals surface area contributed by atoms with Crippen molar-refractivity contribution in [2.45, 2.75) is 24.9 Å². The van der Waals surface area contributed by atoms with Gasteiger partial charge in [-0.15, -0.1) is 0 Å². The molecule has 0 amide bonds. The first-order valence-corrected chi connectivity index (χ1v) is 11.9. The number of fused-ring (bicyclic) bond motifs is 2. The molecule has 0 unspecified atom stereocenters. The van der Waals surface area contributed by atoms with Crippen molar-refractivity contribution < 1.29 is 13.5 Å². The number of rotatable bonds is 6. The molecule has 3 aromatic rings. The summed E-state index contributed by atoms with van der Waals surface area (Å²) in [5.41, 5.74) is 2.30. The van der Waals surface area contributed by atoms with Gasteiger partial charge in [0.25, 0.3) is 0 Å². The number of sulfonamides is 1. The number of anilines is 4. The van der Waals surface area contributed by atoms with E-state index in [1.165, 1.54) is 0 Å². The number of aromatic nitrogens is 4. The summed E-state index contributed by atoms with van der Waals surface area (Å²) in [5.74, 6) is 1.49. The van der Waals surface area contributed by atoms with E-state index in [-0.39, 0.29) is 18.7 Å². The van der Waals surface area contributed by atoms with Crippen LogP contribution in [-0.4, -0.2) is 58.4 Å². The molecule has 1 aromatic carbocycles. The van der Waals surface area contributed by atoms with Crippen molar-refractivity contribution in [3.63, 3.8) is 0 Å². The van der Waals surface area contributed by atoms with Gasteiger partial charge >= 0.3 is 0 Å². The number of H-pyrrole nitrogens is 1. The second kappa shape index (κ2) is 7.50. The minimum Gasteiger partial charge on any atom is -0.394 e. The van der Waals surface area contributed by atoms with Gasteiger partial charge in [0.1, 0.15) is 5.52 Å². The lowest BCUT2D eigenvalue weighted by Gasteiger charge is -2.29. The van der Waals surface area contributed by atoms with Gasteiger partial charge in [0, 0.05) is 5.69 Å². The Labute approximate surface area is 179 Å². The summed E-state index contributed by atoms with van der Waals surface area (Å²) >= 11 is 0. The Balaban J connectivity index is 1.52. The Bertz CT molecular complexity index is 1260. The molecule has 1 aliphatic carbocycles. The lowest BCUT2D eigenvalue weighted by molar-refractivity contribution is 0.262. The summed E-state index contributed by atoms with van der Waals surface area (Å²) in [6.45, 7) is 0.0441. The predicted octanol–water partition coefficient (Wildman–Crippen LogP) is 1.98. The molecule has 3 atom stereocenters. The number of allylic oxidation sites excluding steroid dienone is 1. The van der Waals surface area contributed by atoms with Crippen LogP contribution in [0.15, 0.2) is 42.7 Å². The predicted molar refractivity (Wildman–Crippen MR) is 119 cm³/mol. The van der Waals surface area contributed by atoms with Crippen molar-refractivity contribution in [1.82, 2.24) is 19.9 Å². The standard InChI is InChI=1S/C20H23N7O3S/c1-31(29,30)26-14-6-3-5-13(9-14)23-20-24-18-17(21-11-22-18)19(25-20)27-15(10-28)8-12-4-2-7-16(12)27/h2-3,5-7,9,11-12,15-16,26,28H,4,8,10H2,1H3,(H2,21,22,23,24,25)/t12-,15-,16+/m0/s1. The molecule has 10 nitrogen and oxygen atoms in total. The third kappa shape index (κ3) is 3.81. The topological polar surface area (TPSA) is 136 Å². The Hall–Kier alpha value is -3.18. The summed E-state index contributed by atoms with van der Waals surface area (Å²) < 4.78 is 25.5. The molecule has 2 aromatic heterocycles. The first-order valence-electron chi connectivity index (χ1n) is 10.0. The van der Waals surface area contributed by atoms with E-state index in [1.807, 2.05) is 0 Å². The number of nitrogens with one attached hydrogen (secondary N) is 3. The fraction of sp³-hybridized carbons (Fsp3) is 0.350. The first-order chi connectivity index (χ1) is 14.9. The minimum absolute atomic E-state index is 0.0310. The highest BCUT2D eigenvalue weighted by atomic mass is 32.2. The van der Waals surface area contributed by atoms with E-state index in [0.717, 1.165) is 24.6 Å². The smallest absolute Gasteiger partial charge is 0.231 e. The normalized spacial score (nSPS) is 22.8. The second-order valence-corrected chi connectivity index (χ2v) is 9.69. The summed E-state index contributed by atoms with van der Waals surface area (Å²) in [7, 11) is -3.38. The van der Waals surface area contributed by atoms with Crippen LogP contribution in [0.2, 0.25) is 0 Å². The largest absolute Gasteiger partial charge is 0.394 e. The van der Waals surface area contributed by atoms with E-state index in [9.17, 15) is 13.5 Å². The summed E-state index contributed by atoms with van der Waals surface area (Å²) in [5, 5.41) is 13.1. The molecule has 162 valence electrons. The first kappa shape index (κ1) is 19.8. The third-order valence-corrected chi connectivity index (χ3v) is 6.29. The highest BCUT2D eigenvalue weighted by Gasteiger charge is 2.42. The Morgan fingerprint density at radius 2 is 2.13 bits per heavy atom. The maximum atomic E-state index is 11.5. The lowest BCUT2D eigenvalue weighted by atomic mass is 10.0. The Morgan fingerprint density at radius 3 is 2.94 bits per heavy atom. The number of hydrogen-bond acceptors (Lipinski definition) is 8. The number of imidazole rings is 1. The van der Waals surface area contributed by atoms with Crippen molar-refractivity contribution in [2.24, 2.45) is 5.92 Å². The molecular weight excluding hydrogens is 418 g/mol. The van der Waals surface area contributed by atoms with Gasteiger partial charge in [0.2, 0.25) is 16.0 Å². The monoisotopic (exact) mass is 441 g/mol. The highest BCUT2D eigenvalue weighted by Crippen LogP contribution is 2.41. The van der Waals surface area contributed by atoms with E-state index < -0.39 is 10.0 Å². The molecule has 4 N–H and O–H groups in total. The molecule has 1 aliphatic heterocycles. The van der Waals surface area contributed by atoms with Gasteiger partial charge in [0.05, 0.1) is 37.0 Å². The van der Waals surface area contributed by atoms with Gasteiger partial charge in [-0.05, 0) is 37.0 Å². The van der Waals surface area contributed by atoms with Crippen LogP contribution in [0.4, 0.5) is 23.1 Å². The Kier molecular flexibility index (Phi) is 4.78. The zero-order chi connectivity index (χ0) is 21.6. The zero-order valence-electron chi connectivity index (χ0n) is 16.9. The van der Waals surface area contributed by atoms with Crippen LogP contribution in [0.25, 0.3) is 11.2 Å². The Morgan fingerprint density at radius 1 is 1.29 bits per heavy atom. The highest BCUT2D eigenvalue weighted by molar-refractivity contribution is 7.92. The van der Waals surface area contributed by atoms with Crippen LogP contribution in [0, 0.1) is 5.92 Å². The molecule has 0 saturated carbocycles. The van der Waals surface area contributed by atoms with Crippen LogP contribution in [-0.2, 0) is 10.0 Å². The number of hydrogen-bond donors (Lipinski definition) is 4. The quantitative estimate of drug-likeness (QED) is 0.426. The van der Waals surface area contributed by atoms with E-state index in [0.29, 0.717) is 34.7 Å². The molecule has 1 saturated heterocycles. The molecule has 11 heteroatoms. The van der Waals surface area contributed by atoms with Gasteiger partial charge in [-0.25, -0.2) is 13.4 Å². The van der Waals surface area contributed by atoms with Gasteiger partial charge in [0.15, 0.2) is 11.5 Å². The molecule has 5 rings (SSSR count). The van der Waals surface area contributed by atoms with Gasteiger partial charge in [-0.1, -0.05) is 18.2 Å². The van der Waals surface area contributed by atoms with E-state index in [1.54, 1.807) is 30.6 Å². The number of aliphatic hydroxyl groups excluding tert-OH is 1. The van der Waals surface area contributed by atoms with Gasteiger partial charge in [-0.3, -0.25) is 4.72 Å². The van der Waals surface area contributed by atoms with Crippen molar-refractivity contribution in [2.75, 3.05) is 27.8 Å². The number of aliphatic hydroxyl groups is 1. The number of aromatic amines is 1. The second-order valence-electron chi connectivity index (χ2n) is 7.95. The van der Waals surface area contributed by atoms with Crippen LogP contribution in [0.5, 0.6) is 0 Å². The lowest BCUT2D eigenvalue weighted by Crippen LogP contribution is -2.38. The number of benzene rings is 1. The maximum absolute atomic E-state index is 11.5. The van der Waals surface area contributed by atoms with E-state index in [2.05, 4.69) is 42.0 Å². The number of nitrogens with zero attached hydrogens (tertiary/aromatic N) is 4. The summed E-state index contributed by atoms with van der Waals surface area (Å²) in [6, 6.07) is 7.01. The fourth-order valence-electron chi connectivity index (χ4n) is 4.49. The van der Waals surface area contributed by atoms with Crippen molar-refractivity contribution in [3.05, 3.63) is 42.7 Å². The minimum atomic E-state index is -3.38. The van der Waals surface area contributed by atoms with Gasteiger partial charge < -0.3 is 20.3 Å². The maximum Gasteiger partial charge on any atom is 0.231 e. The molecular formula is C20H23N7O3S. The molecule has 0 bridgehead atoms. The molecule has 0 radical (unpaired) electrons.